The lowest BCUT2D eigenvalue weighted by Crippen LogP contribution is -2.34. The molecule has 0 aliphatic carbocycles. The van der Waals surface area contributed by atoms with Gasteiger partial charge in [0.1, 0.15) is 13.2 Å². The minimum atomic E-state index is -0.326. The van der Waals surface area contributed by atoms with Gasteiger partial charge in [0.15, 0.2) is 11.5 Å². The summed E-state index contributed by atoms with van der Waals surface area (Å²) in [6.45, 7) is 6.04. The lowest BCUT2D eigenvalue weighted by Gasteiger charge is -2.22. The second-order valence-electron chi connectivity index (χ2n) is 7.79. The summed E-state index contributed by atoms with van der Waals surface area (Å²) in [6, 6.07) is 13.7. The first-order valence-corrected chi connectivity index (χ1v) is 10.0. The van der Waals surface area contributed by atoms with Gasteiger partial charge in [0, 0.05) is 19.5 Å². The Hall–Kier alpha value is -3.02. The molecule has 6 nitrogen and oxygen atoms in total. The predicted molar refractivity (Wildman–Crippen MR) is 109 cm³/mol. The van der Waals surface area contributed by atoms with E-state index in [0.717, 1.165) is 16.9 Å². The van der Waals surface area contributed by atoms with Crippen LogP contribution in [0, 0.1) is 12.8 Å². The normalized spacial score (nSPS) is 19.2. The number of hydrogen-bond acceptors (Lipinski definition) is 4. The van der Waals surface area contributed by atoms with Gasteiger partial charge in [-0.05, 0) is 37.1 Å². The predicted octanol–water partition coefficient (Wildman–Crippen LogP) is 2.99. The van der Waals surface area contributed by atoms with Crippen molar-refractivity contribution in [1.82, 2.24) is 10.2 Å². The zero-order chi connectivity index (χ0) is 20.4. The molecule has 0 spiro atoms. The Kier molecular flexibility index (Phi) is 5.43. The lowest BCUT2D eigenvalue weighted by atomic mass is 10.0. The molecule has 0 saturated carbocycles. The fourth-order valence-corrected chi connectivity index (χ4v) is 3.76. The van der Waals surface area contributed by atoms with Crippen LogP contribution in [0.3, 0.4) is 0 Å². The molecule has 2 atom stereocenters. The number of aryl methyl sites for hydroxylation is 1. The summed E-state index contributed by atoms with van der Waals surface area (Å²) >= 11 is 0. The Morgan fingerprint density at radius 2 is 1.86 bits per heavy atom. The maximum absolute atomic E-state index is 12.8. The molecular formula is C23H26N2O4. The lowest BCUT2D eigenvalue weighted by molar-refractivity contribution is -0.129. The molecule has 2 aliphatic rings. The quantitative estimate of drug-likeness (QED) is 0.847. The number of carbonyl (C=O) groups is 2. The van der Waals surface area contributed by atoms with E-state index in [4.69, 9.17) is 9.47 Å². The number of hydrogen-bond donors (Lipinski definition) is 1. The summed E-state index contributed by atoms with van der Waals surface area (Å²) in [6.07, 6.45) is 0.256. The second-order valence-corrected chi connectivity index (χ2v) is 7.79. The summed E-state index contributed by atoms with van der Waals surface area (Å²) < 4.78 is 11.2. The maximum Gasteiger partial charge on any atom is 0.225 e. The summed E-state index contributed by atoms with van der Waals surface area (Å²) in [5.74, 6) is 1.04. The monoisotopic (exact) mass is 394 g/mol. The van der Waals surface area contributed by atoms with Crippen molar-refractivity contribution in [3.05, 3.63) is 59.2 Å². The average molecular weight is 394 g/mol. The van der Waals surface area contributed by atoms with Gasteiger partial charge in [-0.15, -0.1) is 0 Å². The van der Waals surface area contributed by atoms with Gasteiger partial charge in [-0.1, -0.05) is 35.9 Å². The fourth-order valence-electron chi connectivity index (χ4n) is 3.76. The molecule has 2 unspecified atom stereocenters. The van der Waals surface area contributed by atoms with Crippen LogP contribution >= 0.6 is 0 Å². The third kappa shape index (κ3) is 4.36. The van der Waals surface area contributed by atoms with Crippen LogP contribution in [0.5, 0.6) is 11.5 Å². The first kappa shape index (κ1) is 19.3. The van der Waals surface area contributed by atoms with Gasteiger partial charge in [-0.3, -0.25) is 9.59 Å². The molecule has 0 bridgehead atoms. The van der Waals surface area contributed by atoms with Gasteiger partial charge in [0.2, 0.25) is 11.8 Å². The van der Waals surface area contributed by atoms with Crippen molar-refractivity contribution in [1.29, 1.82) is 0 Å². The van der Waals surface area contributed by atoms with Crippen molar-refractivity contribution >= 4 is 11.8 Å². The van der Waals surface area contributed by atoms with Gasteiger partial charge in [0.25, 0.3) is 0 Å². The summed E-state index contributed by atoms with van der Waals surface area (Å²) in [5.41, 5.74) is 3.21. The highest BCUT2D eigenvalue weighted by Gasteiger charge is 2.34. The van der Waals surface area contributed by atoms with E-state index in [-0.39, 0.29) is 30.2 Å². The number of fused-ring (bicyclic) bond motifs is 1. The third-order valence-electron chi connectivity index (χ3n) is 5.50. The summed E-state index contributed by atoms with van der Waals surface area (Å²) in [4.78, 5) is 26.9. The van der Waals surface area contributed by atoms with Crippen molar-refractivity contribution < 1.29 is 19.1 Å². The molecule has 2 aliphatic heterocycles. The van der Waals surface area contributed by atoms with E-state index in [1.165, 1.54) is 5.56 Å². The first-order chi connectivity index (χ1) is 14.0. The number of nitrogens with zero attached hydrogens (tertiary/aromatic N) is 1. The highest BCUT2D eigenvalue weighted by Crippen LogP contribution is 2.32. The maximum atomic E-state index is 12.8. The number of ether oxygens (including phenoxy) is 2. The fraction of sp³-hybridized carbons (Fsp3) is 0.391. The Labute approximate surface area is 170 Å². The number of carbonyl (C=O) groups excluding carboxylic acids is 2. The van der Waals surface area contributed by atoms with E-state index in [9.17, 15) is 9.59 Å². The molecule has 2 heterocycles. The van der Waals surface area contributed by atoms with Crippen LogP contribution in [-0.4, -0.2) is 36.5 Å². The molecule has 2 amide bonds. The molecule has 1 saturated heterocycles. The molecule has 1 N–H and O–H groups in total. The zero-order valence-corrected chi connectivity index (χ0v) is 16.8. The van der Waals surface area contributed by atoms with E-state index in [2.05, 4.69) is 5.32 Å². The van der Waals surface area contributed by atoms with Crippen LogP contribution in [-0.2, 0) is 16.1 Å². The molecule has 2 aromatic carbocycles. The van der Waals surface area contributed by atoms with E-state index in [1.807, 2.05) is 56.3 Å². The van der Waals surface area contributed by atoms with E-state index in [0.29, 0.717) is 32.1 Å². The molecule has 0 aromatic heterocycles. The highest BCUT2D eigenvalue weighted by molar-refractivity contribution is 5.89. The Balaban J connectivity index is 1.36. The summed E-state index contributed by atoms with van der Waals surface area (Å²) in [5, 5.41) is 3.04. The number of amides is 2. The molecular weight excluding hydrogens is 368 g/mol. The van der Waals surface area contributed by atoms with Gasteiger partial charge >= 0.3 is 0 Å². The molecule has 4 rings (SSSR count). The largest absolute Gasteiger partial charge is 0.486 e. The van der Waals surface area contributed by atoms with Crippen molar-refractivity contribution in [2.24, 2.45) is 5.92 Å². The Morgan fingerprint density at radius 3 is 2.62 bits per heavy atom. The molecule has 2 aromatic rings. The Bertz CT molecular complexity index is 910. The van der Waals surface area contributed by atoms with Crippen LogP contribution in [0.25, 0.3) is 0 Å². The van der Waals surface area contributed by atoms with Crippen LogP contribution in [0.15, 0.2) is 42.5 Å². The van der Waals surface area contributed by atoms with Crippen LogP contribution in [0.4, 0.5) is 0 Å². The topological polar surface area (TPSA) is 67.9 Å². The average Bonchev–Trinajstić information content (AvgIpc) is 3.09. The number of likely N-dealkylation sites (tertiary alicyclic amines) is 1. The third-order valence-corrected chi connectivity index (χ3v) is 5.50. The molecule has 152 valence electrons. The minimum Gasteiger partial charge on any atom is -0.486 e. The standard InChI is InChI=1S/C23H26N2O4/c1-15-3-5-17(6-4-15)13-25-14-19(12-22(25)26)23(27)24-16(2)18-7-8-20-21(11-18)29-10-9-28-20/h3-8,11,16,19H,9-10,12-14H2,1-2H3,(H,24,27). The number of nitrogens with one attached hydrogen (secondary N) is 1. The van der Waals surface area contributed by atoms with Crippen molar-refractivity contribution in [2.45, 2.75) is 32.9 Å². The van der Waals surface area contributed by atoms with E-state index >= 15 is 0 Å². The molecule has 29 heavy (non-hydrogen) atoms. The summed E-state index contributed by atoms with van der Waals surface area (Å²) in [7, 11) is 0. The molecule has 6 heteroatoms. The van der Waals surface area contributed by atoms with E-state index in [1.54, 1.807) is 4.90 Å². The van der Waals surface area contributed by atoms with Crippen molar-refractivity contribution in [3.8, 4) is 11.5 Å². The van der Waals surface area contributed by atoms with Crippen LogP contribution < -0.4 is 14.8 Å². The van der Waals surface area contributed by atoms with Gasteiger partial charge in [0.05, 0.1) is 12.0 Å². The van der Waals surface area contributed by atoms with Crippen molar-refractivity contribution in [2.75, 3.05) is 19.8 Å². The van der Waals surface area contributed by atoms with Crippen LogP contribution in [0.2, 0.25) is 0 Å². The zero-order valence-electron chi connectivity index (χ0n) is 16.8. The SMILES string of the molecule is Cc1ccc(CN2CC(C(=O)NC(C)c3ccc4c(c3)OCCO4)CC2=O)cc1. The van der Waals surface area contributed by atoms with Gasteiger partial charge < -0.3 is 19.7 Å². The van der Waals surface area contributed by atoms with E-state index < -0.39 is 0 Å². The first-order valence-electron chi connectivity index (χ1n) is 10.0. The van der Waals surface area contributed by atoms with Crippen molar-refractivity contribution in [3.63, 3.8) is 0 Å². The van der Waals surface area contributed by atoms with Crippen LogP contribution in [0.1, 0.15) is 36.1 Å². The minimum absolute atomic E-state index is 0.0257. The smallest absolute Gasteiger partial charge is 0.225 e. The molecule has 0 radical (unpaired) electrons. The Morgan fingerprint density at radius 1 is 1.14 bits per heavy atom. The number of rotatable bonds is 5. The molecule has 1 fully saturated rings. The van der Waals surface area contributed by atoms with Gasteiger partial charge in [-0.25, -0.2) is 0 Å². The second kappa shape index (κ2) is 8.15. The van der Waals surface area contributed by atoms with Gasteiger partial charge in [-0.2, -0.15) is 0 Å². The highest BCUT2D eigenvalue weighted by atomic mass is 16.6. The number of benzene rings is 2.